The second-order valence-electron chi connectivity index (χ2n) is 4.52. The lowest BCUT2D eigenvalue weighted by Crippen LogP contribution is -2.25. The highest BCUT2D eigenvalue weighted by Crippen LogP contribution is 1.96. The number of hydrogen-bond donors (Lipinski definition) is 1. The van der Waals surface area contributed by atoms with E-state index in [0.29, 0.717) is 6.61 Å². The molecule has 0 saturated heterocycles. The molecular formula is C15H22O7. The Bertz CT molecular complexity index is 426. The number of carbonyl (C=O) groups is 3. The highest BCUT2D eigenvalue weighted by Gasteiger charge is 2.11. The minimum Gasteiger partial charge on any atom is -0.463 e. The van der Waals surface area contributed by atoms with Gasteiger partial charge in [-0.25, -0.2) is 14.4 Å². The van der Waals surface area contributed by atoms with Crippen molar-refractivity contribution in [1.29, 1.82) is 0 Å². The third-order valence-corrected chi connectivity index (χ3v) is 2.27. The molecule has 0 aliphatic heterocycles. The molecule has 0 saturated carbocycles. The van der Waals surface area contributed by atoms with Gasteiger partial charge in [0.25, 0.3) is 0 Å². The van der Waals surface area contributed by atoms with Crippen LogP contribution in [0.2, 0.25) is 0 Å². The van der Waals surface area contributed by atoms with E-state index in [-0.39, 0.29) is 18.8 Å². The topological polar surface area (TPSA) is 99.1 Å². The van der Waals surface area contributed by atoms with Gasteiger partial charge in [0, 0.05) is 17.7 Å². The normalized spacial score (nSPS) is 11.8. The van der Waals surface area contributed by atoms with Crippen LogP contribution in [0.4, 0.5) is 0 Å². The molecule has 1 atom stereocenters. The van der Waals surface area contributed by atoms with Gasteiger partial charge in [0.1, 0.15) is 19.3 Å². The lowest BCUT2D eigenvalue weighted by atomic mass is 10.3. The molecule has 0 aliphatic rings. The lowest BCUT2D eigenvalue weighted by Gasteiger charge is -2.10. The molecule has 0 heterocycles. The molecule has 0 radical (unpaired) electrons. The van der Waals surface area contributed by atoms with Gasteiger partial charge in [-0.15, -0.1) is 0 Å². The quantitative estimate of drug-likeness (QED) is 0.277. The maximum absolute atomic E-state index is 11.3. The van der Waals surface area contributed by atoms with Crippen molar-refractivity contribution in [1.82, 2.24) is 0 Å². The molecule has 1 N–H and O–H groups in total. The van der Waals surface area contributed by atoms with Crippen LogP contribution in [-0.2, 0) is 28.6 Å². The van der Waals surface area contributed by atoms with Gasteiger partial charge in [0.15, 0.2) is 0 Å². The lowest BCUT2D eigenvalue weighted by molar-refractivity contribution is -0.147. The molecule has 124 valence electrons. The summed E-state index contributed by atoms with van der Waals surface area (Å²) in [6.07, 6.45) is 2.34. The van der Waals surface area contributed by atoms with Gasteiger partial charge in [0.05, 0.1) is 6.61 Å². The van der Waals surface area contributed by atoms with Crippen molar-refractivity contribution >= 4 is 17.9 Å². The van der Waals surface area contributed by atoms with Crippen molar-refractivity contribution in [3.05, 3.63) is 24.3 Å². The third kappa shape index (κ3) is 10.6. The van der Waals surface area contributed by atoms with E-state index < -0.39 is 24.0 Å². The van der Waals surface area contributed by atoms with Gasteiger partial charge in [0.2, 0.25) is 0 Å². The van der Waals surface area contributed by atoms with E-state index in [1.807, 2.05) is 6.92 Å². The number of carbonyl (C=O) groups excluding carboxylic acids is 3. The van der Waals surface area contributed by atoms with Crippen LogP contribution in [0.5, 0.6) is 0 Å². The summed E-state index contributed by atoms with van der Waals surface area (Å²) < 4.78 is 14.2. The van der Waals surface area contributed by atoms with E-state index in [0.717, 1.165) is 25.0 Å². The number of ether oxygens (including phenoxy) is 3. The Hall–Kier alpha value is -2.15. The van der Waals surface area contributed by atoms with Gasteiger partial charge in [-0.05, 0) is 13.3 Å². The van der Waals surface area contributed by atoms with E-state index in [2.05, 4.69) is 16.1 Å². The summed E-state index contributed by atoms with van der Waals surface area (Å²) in [5.41, 5.74) is 0.203. The number of aliphatic hydroxyl groups is 1. The number of esters is 3. The van der Waals surface area contributed by atoms with Gasteiger partial charge in [-0.2, -0.15) is 0 Å². The summed E-state index contributed by atoms with van der Waals surface area (Å²) in [4.78, 5) is 33.5. The van der Waals surface area contributed by atoms with Crippen molar-refractivity contribution in [2.45, 2.75) is 32.8 Å². The van der Waals surface area contributed by atoms with E-state index in [9.17, 15) is 19.5 Å². The molecule has 0 aromatic carbocycles. The molecule has 0 bridgehead atoms. The number of rotatable bonds is 10. The van der Waals surface area contributed by atoms with Crippen LogP contribution >= 0.6 is 0 Å². The summed E-state index contributed by atoms with van der Waals surface area (Å²) in [6, 6.07) is 0. The maximum atomic E-state index is 11.3. The monoisotopic (exact) mass is 314 g/mol. The summed E-state index contributed by atoms with van der Waals surface area (Å²) in [5.74, 6) is -2.08. The molecule has 22 heavy (non-hydrogen) atoms. The number of aliphatic hydroxyl groups excluding tert-OH is 1. The summed E-state index contributed by atoms with van der Waals surface area (Å²) in [6.45, 7) is 6.42. The first-order valence-corrected chi connectivity index (χ1v) is 6.89. The Labute approximate surface area is 129 Å². The zero-order chi connectivity index (χ0) is 17.0. The predicted octanol–water partition coefficient (Wildman–Crippen LogP) is 0.909. The molecule has 7 nitrogen and oxygen atoms in total. The van der Waals surface area contributed by atoms with Crippen LogP contribution < -0.4 is 0 Å². The Balaban J connectivity index is 3.90. The fraction of sp³-hybridized carbons (Fsp3) is 0.533. The van der Waals surface area contributed by atoms with Crippen molar-refractivity contribution in [2.75, 3.05) is 19.8 Å². The SMILES string of the molecule is C=C(C)C(=O)OCC(O)COC(=O)/C=C/C(=O)OCCCC. The molecule has 0 amide bonds. The minimum atomic E-state index is -1.16. The Morgan fingerprint density at radius 2 is 1.64 bits per heavy atom. The molecule has 1 unspecified atom stereocenters. The largest absolute Gasteiger partial charge is 0.463 e. The average molecular weight is 314 g/mol. The van der Waals surface area contributed by atoms with Gasteiger partial charge in [-0.1, -0.05) is 19.9 Å². The van der Waals surface area contributed by atoms with Gasteiger partial charge >= 0.3 is 17.9 Å². The van der Waals surface area contributed by atoms with Crippen LogP contribution in [0.3, 0.4) is 0 Å². The molecular weight excluding hydrogens is 292 g/mol. The fourth-order valence-electron chi connectivity index (χ4n) is 1.07. The average Bonchev–Trinajstić information content (AvgIpc) is 2.48. The van der Waals surface area contributed by atoms with Crippen LogP contribution in [0.15, 0.2) is 24.3 Å². The van der Waals surface area contributed by atoms with Gasteiger partial charge < -0.3 is 19.3 Å². The predicted molar refractivity (Wildman–Crippen MR) is 77.7 cm³/mol. The first kappa shape index (κ1) is 19.9. The molecule has 0 aliphatic carbocycles. The van der Waals surface area contributed by atoms with E-state index in [1.165, 1.54) is 6.92 Å². The molecule has 0 aromatic rings. The van der Waals surface area contributed by atoms with Crippen LogP contribution in [0.25, 0.3) is 0 Å². The molecule has 0 rings (SSSR count). The Kier molecular flexibility index (Phi) is 10.4. The second-order valence-corrected chi connectivity index (χ2v) is 4.52. The maximum Gasteiger partial charge on any atom is 0.333 e. The molecule has 0 fully saturated rings. The van der Waals surface area contributed by atoms with Crippen molar-refractivity contribution < 1.29 is 33.7 Å². The molecule has 0 aromatic heterocycles. The summed E-state index contributed by atoms with van der Waals surface area (Å²) >= 11 is 0. The van der Waals surface area contributed by atoms with Crippen molar-refractivity contribution in [3.8, 4) is 0 Å². The standard InChI is InChI=1S/C15H22O7/c1-4-5-8-20-13(17)6-7-14(18)21-9-12(16)10-22-15(19)11(2)3/h6-7,12,16H,2,4-5,8-10H2,1,3H3/b7-6+. The first-order chi connectivity index (χ1) is 10.4. The molecule has 0 spiro atoms. The van der Waals surface area contributed by atoms with Crippen LogP contribution in [0.1, 0.15) is 26.7 Å². The summed E-state index contributed by atoms with van der Waals surface area (Å²) in [5, 5.41) is 9.45. The zero-order valence-corrected chi connectivity index (χ0v) is 12.9. The van der Waals surface area contributed by atoms with Crippen LogP contribution in [0, 0.1) is 0 Å². The summed E-state index contributed by atoms with van der Waals surface area (Å²) in [7, 11) is 0. The van der Waals surface area contributed by atoms with Crippen LogP contribution in [-0.4, -0.2) is 48.9 Å². The Morgan fingerprint density at radius 1 is 1.09 bits per heavy atom. The second kappa shape index (κ2) is 11.5. The number of unbranched alkanes of at least 4 members (excludes halogenated alkanes) is 1. The first-order valence-electron chi connectivity index (χ1n) is 6.89. The minimum absolute atomic E-state index is 0.203. The van der Waals surface area contributed by atoms with E-state index in [4.69, 9.17) is 4.74 Å². The van der Waals surface area contributed by atoms with E-state index >= 15 is 0 Å². The Morgan fingerprint density at radius 3 is 2.18 bits per heavy atom. The van der Waals surface area contributed by atoms with Crippen molar-refractivity contribution in [3.63, 3.8) is 0 Å². The van der Waals surface area contributed by atoms with Crippen molar-refractivity contribution in [2.24, 2.45) is 0 Å². The fourth-order valence-corrected chi connectivity index (χ4v) is 1.07. The highest BCUT2D eigenvalue weighted by molar-refractivity contribution is 5.91. The third-order valence-electron chi connectivity index (χ3n) is 2.27. The number of hydrogen-bond acceptors (Lipinski definition) is 7. The highest BCUT2D eigenvalue weighted by atomic mass is 16.6. The smallest absolute Gasteiger partial charge is 0.333 e. The zero-order valence-electron chi connectivity index (χ0n) is 12.9. The van der Waals surface area contributed by atoms with Gasteiger partial charge in [-0.3, -0.25) is 0 Å². The molecule has 7 heteroatoms. The van der Waals surface area contributed by atoms with E-state index in [1.54, 1.807) is 0 Å².